The van der Waals surface area contributed by atoms with Crippen molar-refractivity contribution in [2.45, 2.75) is 0 Å². The van der Waals surface area contributed by atoms with E-state index in [0.717, 1.165) is 13.7 Å². The molecule has 0 amide bonds. The van der Waals surface area contributed by atoms with Crippen LogP contribution in [0.3, 0.4) is 0 Å². The van der Waals surface area contributed by atoms with E-state index in [1.807, 2.05) is 0 Å². The maximum absolute atomic E-state index is 11.4. The van der Waals surface area contributed by atoms with Gasteiger partial charge in [0.15, 0.2) is 0 Å². The second-order valence-corrected chi connectivity index (χ2v) is 5.26. The molecule has 6 heteroatoms. The van der Waals surface area contributed by atoms with Gasteiger partial charge in [0.25, 0.3) is 0 Å². The summed E-state index contributed by atoms with van der Waals surface area (Å²) in [6.07, 6.45) is 1.67. The Hall–Kier alpha value is -0.400. The van der Waals surface area contributed by atoms with Gasteiger partial charge in [-0.15, -0.1) is 11.3 Å². The van der Waals surface area contributed by atoms with E-state index in [9.17, 15) is 4.79 Å². The summed E-state index contributed by atoms with van der Waals surface area (Å²) < 4.78 is 6.50. The Bertz CT molecular complexity index is 540. The average Bonchev–Trinajstić information content (AvgIpc) is 2.54. The largest absolute Gasteiger partial charge is 0.465 e. The first kappa shape index (κ1) is 11.1. The minimum Gasteiger partial charge on any atom is -0.465 e. The zero-order valence-electron chi connectivity index (χ0n) is 7.58. The molecule has 0 aliphatic rings. The molecule has 2 aromatic rings. The number of esters is 1. The van der Waals surface area contributed by atoms with Crippen molar-refractivity contribution in [3.05, 3.63) is 25.9 Å². The van der Waals surface area contributed by atoms with Gasteiger partial charge in [-0.1, -0.05) is 11.6 Å². The number of methoxy groups -OCH3 is 1. The molecule has 2 rings (SSSR count). The Balaban J connectivity index is 2.69. The van der Waals surface area contributed by atoms with Crippen molar-refractivity contribution in [2.75, 3.05) is 7.11 Å². The molecule has 0 aliphatic heterocycles. The summed E-state index contributed by atoms with van der Waals surface area (Å²) in [6.45, 7) is 0. The van der Waals surface area contributed by atoms with Crippen LogP contribution >= 0.6 is 45.5 Å². The fraction of sp³-hybridized carbons (Fsp3) is 0.111. The van der Waals surface area contributed by atoms with Crippen molar-refractivity contribution in [3.63, 3.8) is 0 Å². The lowest BCUT2D eigenvalue weighted by atomic mass is 10.3. The fourth-order valence-corrected chi connectivity index (χ4v) is 3.57. The van der Waals surface area contributed by atoms with Crippen LogP contribution in [0.25, 0.3) is 10.1 Å². The van der Waals surface area contributed by atoms with Gasteiger partial charge in [0.05, 0.1) is 7.11 Å². The normalized spacial score (nSPS) is 10.6. The number of hydrogen-bond donors (Lipinski definition) is 0. The van der Waals surface area contributed by atoms with Gasteiger partial charge in [0.2, 0.25) is 0 Å². The summed E-state index contributed by atoms with van der Waals surface area (Å²) in [5.41, 5.74) is 0. The number of nitrogens with zero attached hydrogens (tertiary/aromatic N) is 1. The van der Waals surface area contributed by atoms with E-state index >= 15 is 0 Å². The monoisotopic (exact) mass is 353 g/mol. The van der Waals surface area contributed by atoms with Crippen LogP contribution in [0.15, 0.2) is 12.3 Å². The quantitative estimate of drug-likeness (QED) is 0.448. The molecule has 0 bridgehead atoms. The lowest BCUT2D eigenvalue weighted by Crippen LogP contribution is -1.99. The number of pyridine rings is 1. The number of rotatable bonds is 1. The van der Waals surface area contributed by atoms with Crippen LogP contribution in [-0.4, -0.2) is 18.1 Å². The van der Waals surface area contributed by atoms with E-state index < -0.39 is 0 Å². The second-order valence-electron chi connectivity index (χ2n) is 2.74. The number of halogens is 2. The van der Waals surface area contributed by atoms with Gasteiger partial charge in [0.1, 0.15) is 10.0 Å². The third-order valence-corrected chi connectivity index (χ3v) is 4.68. The Morgan fingerprint density at radius 1 is 1.67 bits per heavy atom. The first-order valence-electron chi connectivity index (χ1n) is 3.95. The topological polar surface area (TPSA) is 39.2 Å². The van der Waals surface area contributed by atoms with Gasteiger partial charge in [-0.05, 0) is 28.7 Å². The molecule has 0 unspecified atom stereocenters. The highest BCUT2D eigenvalue weighted by Crippen LogP contribution is 2.33. The smallest absolute Gasteiger partial charge is 0.349 e. The second kappa shape index (κ2) is 4.23. The number of carbonyl (C=O) groups excluding carboxylic acids is 1. The lowest BCUT2D eigenvalue weighted by Gasteiger charge is -1.94. The molecule has 0 saturated heterocycles. The summed E-state index contributed by atoms with van der Waals surface area (Å²) in [7, 11) is 1.37. The standard InChI is InChI=1S/C9H5ClINO2S/c1-14-9(13)8-7(11)4-3-12-6(10)2-5(4)15-8/h2-3H,1H3. The van der Waals surface area contributed by atoms with E-state index in [1.165, 1.54) is 18.4 Å². The van der Waals surface area contributed by atoms with E-state index in [0.29, 0.717) is 10.0 Å². The number of hydrogen-bond acceptors (Lipinski definition) is 4. The van der Waals surface area contributed by atoms with Gasteiger partial charge < -0.3 is 4.74 Å². The minimum absolute atomic E-state index is 0.322. The van der Waals surface area contributed by atoms with Crippen molar-refractivity contribution in [2.24, 2.45) is 0 Å². The van der Waals surface area contributed by atoms with Crippen LogP contribution in [-0.2, 0) is 4.74 Å². The Morgan fingerprint density at radius 3 is 3.07 bits per heavy atom. The summed E-state index contributed by atoms with van der Waals surface area (Å²) >= 11 is 9.25. The van der Waals surface area contributed by atoms with Crippen molar-refractivity contribution in [1.29, 1.82) is 0 Å². The predicted molar refractivity (Wildman–Crippen MR) is 68.7 cm³/mol. The molecule has 2 aromatic heterocycles. The van der Waals surface area contributed by atoms with E-state index in [1.54, 1.807) is 12.3 Å². The van der Waals surface area contributed by atoms with Crippen LogP contribution in [0.4, 0.5) is 0 Å². The first-order chi connectivity index (χ1) is 7.13. The Morgan fingerprint density at radius 2 is 2.40 bits per heavy atom. The number of carbonyl (C=O) groups is 1. The molecule has 0 fully saturated rings. The third-order valence-electron chi connectivity index (χ3n) is 1.85. The predicted octanol–water partition coefficient (Wildman–Crippen LogP) is 3.34. The van der Waals surface area contributed by atoms with Crippen molar-refractivity contribution in [3.8, 4) is 0 Å². The molecule has 0 aromatic carbocycles. The Labute approximate surface area is 109 Å². The first-order valence-corrected chi connectivity index (χ1v) is 6.22. The molecule has 0 atom stereocenters. The molecule has 2 heterocycles. The van der Waals surface area contributed by atoms with Gasteiger partial charge in [-0.2, -0.15) is 0 Å². The third kappa shape index (κ3) is 1.95. The van der Waals surface area contributed by atoms with Crippen molar-refractivity contribution < 1.29 is 9.53 Å². The molecule has 0 spiro atoms. The maximum atomic E-state index is 11.4. The fourth-order valence-electron chi connectivity index (χ4n) is 1.16. The number of ether oxygens (including phenoxy) is 1. The van der Waals surface area contributed by atoms with E-state index in [2.05, 4.69) is 27.6 Å². The molecule has 0 aliphatic carbocycles. The van der Waals surface area contributed by atoms with Crippen LogP contribution in [0, 0.1) is 3.57 Å². The van der Waals surface area contributed by atoms with E-state index in [-0.39, 0.29) is 5.97 Å². The number of thiophene rings is 1. The minimum atomic E-state index is -0.322. The summed E-state index contributed by atoms with van der Waals surface area (Å²) in [6, 6.07) is 1.75. The maximum Gasteiger partial charge on any atom is 0.349 e. The summed E-state index contributed by atoms with van der Waals surface area (Å²) in [5.74, 6) is -0.322. The molecular weight excluding hydrogens is 349 g/mol. The van der Waals surface area contributed by atoms with Crippen LogP contribution in [0.1, 0.15) is 9.67 Å². The van der Waals surface area contributed by atoms with Crippen molar-refractivity contribution >= 4 is 61.6 Å². The number of fused-ring (bicyclic) bond motifs is 1. The highest BCUT2D eigenvalue weighted by molar-refractivity contribution is 14.1. The molecule has 0 radical (unpaired) electrons. The highest BCUT2D eigenvalue weighted by atomic mass is 127. The van der Waals surface area contributed by atoms with Crippen molar-refractivity contribution in [1.82, 2.24) is 4.98 Å². The van der Waals surface area contributed by atoms with Gasteiger partial charge in [-0.3, -0.25) is 0 Å². The zero-order chi connectivity index (χ0) is 11.0. The molecule has 0 saturated carbocycles. The van der Waals surface area contributed by atoms with Gasteiger partial charge >= 0.3 is 5.97 Å². The highest BCUT2D eigenvalue weighted by Gasteiger charge is 2.17. The SMILES string of the molecule is COC(=O)c1sc2cc(Cl)ncc2c1I. The summed E-state index contributed by atoms with van der Waals surface area (Å²) in [5, 5.41) is 1.36. The number of aromatic nitrogens is 1. The molecule has 0 N–H and O–H groups in total. The van der Waals surface area contributed by atoms with Crippen LogP contribution < -0.4 is 0 Å². The lowest BCUT2D eigenvalue weighted by molar-refractivity contribution is 0.0605. The van der Waals surface area contributed by atoms with E-state index in [4.69, 9.17) is 16.3 Å². The molecule has 15 heavy (non-hydrogen) atoms. The van der Waals surface area contributed by atoms with Gasteiger partial charge in [0, 0.05) is 19.9 Å². The van der Waals surface area contributed by atoms with Crippen LogP contribution in [0.5, 0.6) is 0 Å². The Kier molecular flexibility index (Phi) is 3.13. The summed E-state index contributed by atoms with van der Waals surface area (Å²) in [4.78, 5) is 16.0. The average molecular weight is 354 g/mol. The molecule has 3 nitrogen and oxygen atoms in total. The van der Waals surface area contributed by atoms with Gasteiger partial charge in [-0.25, -0.2) is 9.78 Å². The molecular formula is C9H5ClINO2S. The molecule has 78 valence electrons. The van der Waals surface area contributed by atoms with Crippen LogP contribution in [0.2, 0.25) is 5.15 Å². The zero-order valence-corrected chi connectivity index (χ0v) is 11.3.